The van der Waals surface area contributed by atoms with Gasteiger partial charge >= 0.3 is 0 Å². The molecule has 0 unspecified atom stereocenters. The number of benzene rings is 3. The molecule has 0 aliphatic rings. The molecular formula is C27H34Cl2O3. The van der Waals surface area contributed by atoms with Crippen LogP contribution >= 0.6 is 23.2 Å². The highest BCUT2D eigenvalue weighted by Crippen LogP contribution is 2.28. The molecule has 0 saturated heterocycles. The van der Waals surface area contributed by atoms with Gasteiger partial charge in [0.1, 0.15) is 17.2 Å². The van der Waals surface area contributed by atoms with Gasteiger partial charge in [-0.3, -0.25) is 0 Å². The van der Waals surface area contributed by atoms with E-state index in [1.807, 2.05) is 32.0 Å². The average molecular weight is 477 g/mol. The maximum Gasteiger partial charge on any atom is 0.134 e. The highest BCUT2D eigenvalue weighted by molar-refractivity contribution is 6.32. The minimum Gasteiger partial charge on any atom is -0.508 e. The van der Waals surface area contributed by atoms with Crippen molar-refractivity contribution in [2.24, 2.45) is 0 Å². The van der Waals surface area contributed by atoms with Crippen LogP contribution in [0.5, 0.6) is 17.2 Å². The first-order valence-corrected chi connectivity index (χ1v) is 11.4. The third-order valence-corrected chi connectivity index (χ3v) is 5.44. The molecule has 5 heteroatoms. The van der Waals surface area contributed by atoms with Crippen LogP contribution in [0.15, 0.2) is 60.7 Å². The molecule has 3 aromatic rings. The predicted molar refractivity (Wildman–Crippen MR) is 137 cm³/mol. The molecule has 0 aromatic heterocycles. The summed E-state index contributed by atoms with van der Waals surface area (Å²) >= 11 is 11.5. The van der Waals surface area contributed by atoms with E-state index in [0.717, 1.165) is 16.1 Å². The monoisotopic (exact) mass is 476 g/mol. The molecule has 3 rings (SSSR count). The van der Waals surface area contributed by atoms with Crippen LogP contribution in [0.25, 0.3) is 0 Å². The molecule has 0 aliphatic carbocycles. The minimum absolute atomic E-state index is 0.165. The summed E-state index contributed by atoms with van der Waals surface area (Å²) in [5.41, 5.74) is 3.28. The Hall–Kier alpha value is -2.36. The number of aromatic hydroxyl groups is 3. The van der Waals surface area contributed by atoms with E-state index in [1.165, 1.54) is 5.56 Å². The molecule has 0 amide bonds. The van der Waals surface area contributed by atoms with Crippen molar-refractivity contribution < 1.29 is 15.3 Å². The van der Waals surface area contributed by atoms with Gasteiger partial charge < -0.3 is 15.3 Å². The Morgan fingerprint density at radius 3 is 1.53 bits per heavy atom. The number of phenolic OH excluding ortho intramolecular Hbond substituents is 3. The van der Waals surface area contributed by atoms with Crippen LogP contribution in [-0.4, -0.2) is 15.3 Å². The Morgan fingerprint density at radius 1 is 0.562 bits per heavy atom. The Kier molecular flexibility index (Phi) is 11.5. The summed E-state index contributed by atoms with van der Waals surface area (Å²) in [5.74, 6) is 2.07. The summed E-state index contributed by atoms with van der Waals surface area (Å²) in [4.78, 5) is 0. The second-order valence-electron chi connectivity index (χ2n) is 8.48. The highest BCUT2D eigenvalue weighted by atomic mass is 35.5. The molecule has 0 spiro atoms. The van der Waals surface area contributed by atoms with Crippen LogP contribution in [0.2, 0.25) is 10.0 Å². The van der Waals surface area contributed by atoms with Crippen molar-refractivity contribution in [1.82, 2.24) is 0 Å². The van der Waals surface area contributed by atoms with Gasteiger partial charge in [0.15, 0.2) is 0 Å². The van der Waals surface area contributed by atoms with E-state index in [1.54, 1.807) is 42.5 Å². The van der Waals surface area contributed by atoms with Gasteiger partial charge in [-0.2, -0.15) is 0 Å². The average Bonchev–Trinajstić information content (AvgIpc) is 2.72. The normalized spacial score (nSPS) is 10.5. The molecule has 0 radical (unpaired) electrons. The zero-order chi connectivity index (χ0) is 24.4. The van der Waals surface area contributed by atoms with Crippen molar-refractivity contribution in [3.8, 4) is 17.2 Å². The lowest BCUT2D eigenvalue weighted by Gasteiger charge is -2.07. The van der Waals surface area contributed by atoms with Crippen molar-refractivity contribution in [2.75, 3.05) is 0 Å². The topological polar surface area (TPSA) is 60.7 Å². The zero-order valence-corrected chi connectivity index (χ0v) is 21.1. The Balaban J connectivity index is 0.000000240. The van der Waals surface area contributed by atoms with Crippen LogP contribution in [-0.2, 0) is 0 Å². The molecule has 0 fully saturated rings. The first kappa shape index (κ1) is 27.7. The van der Waals surface area contributed by atoms with Gasteiger partial charge in [-0.1, -0.05) is 82.9 Å². The van der Waals surface area contributed by atoms with Crippen molar-refractivity contribution in [3.63, 3.8) is 0 Å². The highest BCUT2D eigenvalue weighted by Gasteiger charge is 2.05. The second kappa shape index (κ2) is 13.2. The van der Waals surface area contributed by atoms with Gasteiger partial charge in [0, 0.05) is 5.02 Å². The van der Waals surface area contributed by atoms with Gasteiger partial charge in [0.05, 0.1) is 5.02 Å². The van der Waals surface area contributed by atoms with E-state index in [0.29, 0.717) is 28.5 Å². The third kappa shape index (κ3) is 9.42. The number of rotatable bonds is 3. The summed E-state index contributed by atoms with van der Waals surface area (Å²) < 4.78 is 0. The van der Waals surface area contributed by atoms with Gasteiger partial charge in [0.2, 0.25) is 0 Å². The fourth-order valence-corrected chi connectivity index (χ4v) is 3.20. The molecule has 3 N–H and O–H groups in total. The summed E-state index contributed by atoms with van der Waals surface area (Å²) in [6, 6.07) is 17.7. The molecule has 174 valence electrons. The summed E-state index contributed by atoms with van der Waals surface area (Å²) in [5, 5.41) is 28.5. The lowest BCUT2D eigenvalue weighted by molar-refractivity contribution is 0.473. The first-order valence-electron chi connectivity index (χ1n) is 10.7. The molecule has 32 heavy (non-hydrogen) atoms. The third-order valence-electron chi connectivity index (χ3n) is 4.78. The van der Waals surface area contributed by atoms with E-state index >= 15 is 0 Å². The summed E-state index contributed by atoms with van der Waals surface area (Å²) in [7, 11) is 0. The maximum absolute atomic E-state index is 9.22. The molecule has 0 aliphatic heterocycles. The number of hydrogen-bond acceptors (Lipinski definition) is 3. The van der Waals surface area contributed by atoms with Crippen molar-refractivity contribution in [3.05, 3.63) is 87.4 Å². The van der Waals surface area contributed by atoms with Crippen LogP contribution < -0.4 is 0 Å². The van der Waals surface area contributed by atoms with Gasteiger partial charge in [0.25, 0.3) is 0 Å². The molecule has 3 aromatic carbocycles. The zero-order valence-electron chi connectivity index (χ0n) is 19.6. The summed E-state index contributed by atoms with van der Waals surface area (Å²) in [6.45, 7) is 12.4. The Morgan fingerprint density at radius 2 is 1.09 bits per heavy atom. The molecular weight excluding hydrogens is 443 g/mol. The quantitative estimate of drug-likeness (QED) is 0.353. The smallest absolute Gasteiger partial charge is 0.134 e. The fourth-order valence-electron chi connectivity index (χ4n) is 2.75. The molecule has 0 saturated carbocycles. The van der Waals surface area contributed by atoms with Crippen molar-refractivity contribution >= 4 is 23.2 Å². The van der Waals surface area contributed by atoms with E-state index in [2.05, 4.69) is 27.7 Å². The van der Waals surface area contributed by atoms with Crippen molar-refractivity contribution in [1.29, 1.82) is 0 Å². The van der Waals surface area contributed by atoms with Crippen LogP contribution in [0.1, 0.15) is 76.0 Å². The summed E-state index contributed by atoms with van der Waals surface area (Å²) in [6.07, 6.45) is 0. The standard InChI is InChI=1S/2C9H11ClO.C9H12O/c1-6(2)8-5-7(11)3-4-9(8)10;1-6(2)7-3-4-8(10)9(11)5-7;1-7(2)8-4-3-5-9(10)6-8/h2*3-6,11H,1-2H3;3-7,10H,1-2H3. The molecule has 0 bridgehead atoms. The molecule has 3 nitrogen and oxygen atoms in total. The maximum atomic E-state index is 9.22. The SMILES string of the molecule is CC(C)c1cc(O)ccc1Cl.CC(C)c1ccc(Cl)c(O)c1.CC(C)c1cccc(O)c1. The van der Waals surface area contributed by atoms with E-state index in [9.17, 15) is 5.11 Å². The van der Waals surface area contributed by atoms with Gasteiger partial charge in [-0.15, -0.1) is 0 Å². The first-order chi connectivity index (χ1) is 14.9. The number of hydrogen-bond donors (Lipinski definition) is 3. The van der Waals surface area contributed by atoms with Gasteiger partial charge in [-0.25, -0.2) is 0 Å². The van der Waals surface area contributed by atoms with E-state index < -0.39 is 0 Å². The largest absolute Gasteiger partial charge is 0.508 e. The van der Waals surface area contributed by atoms with Gasteiger partial charge in [-0.05, 0) is 76.9 Å². The predicted octanol–water partition coefficient (Wildman–Crippen LogP) is 8.85. The van der Waals surface area contributed by atoms with E-state index in [-0.39, 0.29) is 11.5 Å². The Bertz CT molecular complexity index is 982. The number of phenols is 3. The molecule has 0 heterocycles. The lowest BCUT2D eigenvalue weighted by atomic mass is 10.0. The van der Waals surface area contributed by atoms with Crippen molar-refractivity contribution in [2.45, 2.75) is 59.3 Å². The second-order valence-corrected chi connectivity index (χ2v) is 9.29. The van der Waals surface area contributed by atoms with Crippen LogP contribution in [0, 0.1) is 0 Å². The lowest BCUT2D eigenvalue weighted by Crippen LogP contribution is -1.87. The van der Waals surface area contributed by atoms with Crippen LogP contribution in [0.3, 0.4) is 0 Å². The fraction of sp³-hybridized carbons (Fsp3) is 0.333. The number of halogens is 2. The van der Waals surface area contributed by atoms with Crippen LogP contribution in [0.4, 0.5) is 0 Å². The van der Waals surface area contributed by atoms with E-state index in [4.69, 9.17) is 33.4 Å². The molecule has 0 atom stereocenters. The Labute approximate surface area is 202 Å². The minimum atomic E-state index is 0.165.